The molecule has 0 fully saturated rings. The maximum absolute atomic E-state index is 4.47. The third kappa shape index (κ3) is 3.93. The van der Waals surface area contributed by atoms with Gasteiger partial charge < -0.3 is 0 Å². The van der Waals surface area contributed by atoms with Crippen LogP contribution >= 0.6 is 11.8 Å². The number of hydrogen-bond donors (Lipinski definition) is 0. The SMILES string of the molecule is Cc1ccc(CSc2nnc(-c3cccnc3)n2-c2ccc(C)cc2)cc1. The van der Waals surface area contributed by atoms with E-state index in [1.165, 1.54) is 16.7 Å². The normalized spacial score (nSPS) is 10.9. The minimum absolute atomic E-state index is 0.804. The molecule has 0 unspecified atom stereocenters. The number of nitrogens with zero attached hydrogens (tertiary/aromatic N) is 4. The number of hydrogen-bond acceptors (Lipinski definition) is 4. The van der Waals surface area contributed by atoms with Crippen molar-refractivity contribution in [3.05, 3.63) is 89.7 Å². The van der Waals surface area contributed by atoms with E-state index in [2.05, 4.69) is 82.1 Å². The van der Waals surface area contributed by atoms with Gasteiger partial charge in [-0.1, -0.05) is 59.3 Å². The standard InChI is InChI=1S/C22H20N4S/c1-16-5-9-18(10-6-16)15-27-22-25-24-21(19-4-3-13-23-14-19)26(22)20-11-7-17(2)8-12-20/h3-14H,15H2,1-2H3. The first-order valence-corrected chi connectivity index (χ1v) is 9.80. The average molecular weight is 372 g/mol. The van der Waals surface area contributed by atoms with Gasteiger partial charge in [-0.05, 0) is 43.7 Å². The van der Waals surface area contributed by atoms with Gasteiger partial charge in [0.25, 0.3) is 0 Å². The lowest BCUT2D eigenvalue weighted by atomic mass is 10.2. The molecule has 0 aliphatic rings. The zero-order chi connectivity index (χ0) is 18.6. The Bertz CT molecular complexity index is 1020. The molecular formula is C22H20N4S. The summed E-state index contributed by atoms with van der Waals surface area (Å²) in [4.78, 5) is 4.23. The largest absolute Gasteiger partial charge is 0.270 e. The number of benzene rings is 2. The van der Waals surface area contributed by atoms with Crippen LogP contribution in [0.2, 0.25) is 0 Å². The average Bonchev–Trinajstić information content (AvgIpc) is 3.13. The highest BCUT2D eigenvalue weighted by Crippen LogP contribution is 2.29. The maximum Gasteiger partial charge on any atom is 0.196 e. The lowest BCUT2D eigenvalue weighted by molar-refractivity contribution is 0.885. The predicted molar refractivity (Wildman–Crippen MR) is 110 cm³/mol. The molecule has 5 heteroatoms. The molecule has 0 radical (unpaired) electrons. The summed E-state index contributed by atoms with van der Waals surface area (Å²) in [7, 11) is 0. The molecule has 0 spiro atoms. The highest BCUT2D eigenvalue weighted by Gasteiger charge is 2.16. The molecule has 2 aromatic heterocycles. The molecule has 0 bridgehead atoms. The minimum atomic E-state index is 0.804. The molecular weight excluding hydrogens is 352 g/mol. The zero-order valence-electron chi connectivity index (χ0n) is 15.3. The van der Waals surface area contributed by atoms with E-state index < -0.39 is 0 Å². The van der Waals surface area contributed by atoms with Gasteiger partial charge in [-0.25, -0.2) is 0 Å². The van der Waals surface area contributed by atoms with E-state index in [9.17, 15) is 0 Å². The molecule has 0 atom stereocenters. The van der Waals surface area contributed by atoms with Crippen LogP contribution in [-0.4, -0.2) is 19.7 Å². The second kappa shape index (κ2) is 7.76. The van der Waals surface area contributed by atoms with E-state index in [-0.39, 0.29) is 0 Å². The number of aromatic nitrogens is 4. The molecule has 0 aliphatic carbocycles. The van der Waals surface area contributed by atoms with Crippen LogP contribution in [0, 0.1) is 13.8 Å². The van der Waals surface area contributed by atoms with Gasteiger partial charge in [0.15, 0.2) is 11.0 Å². The minimum Gasteiger partial charge on any atom is -0.270 e. The van der Waals surface area contributed by atoms with E-state index in [1.54, 1.807) is 18.0 Å². The first-order valence-electron chi connectivity index (χ1n) is 8.82. The van der Waals surface area contributed by atoms with Crippen molar-refractivity contribution in [1.82, 2.24) is 19.7 Å². The fraction of sp³-hybridized carbons (Fsp3) is 0.136. The molecule has 2 heterocycles. The molecule has 4 nitrogen and oxygen atoms in total. The summed E-state index contributed by atoms with van der Waals surface area (Å²) in [6.07, 6.45) is 3.59. The van der Waals surface area contributed by atoms with Crippen LogP contribution < -0.4 is 0 Å². The summed E-state index contributed by atoms with van der Waals surface area (Å²) >= 11 is 1.69. The van der Waals surface area contributed by atoms with Crippen LogP contribution in [0.15, 0.2) is 78.2 Å². The van der Waals surface area contributed by atoms with Crippen LogP contribution in [0.25, 0.3) is 17.1 Å². The fourth-order valence-corrected chi connectivity index (χ4v) is 3.71. The Labute approximate surface area is 163 Å². The summed E-state index contributed by atoms with van der Waals surface area (Å²) < 4.78 is 2.11. The third-order valence-corrected chi connectivity index (χ3v) is 5.33. The summed E-state index contributed by atoms with van der Waals surface area (Å²) in [6.45, 7) is 4.19. The van der Waals surface area contributed by atoms with E-state index in [0.717, 1.165) is 28.0 Å². The molecule has 0 N–H and O–H groups in total. The Morgan fingerprint density at radius 3 is 2.22 bits per heavy atom. The van der Waals surface area contributed by atoms with Gasteiger partial charge >= 0.3 is 0 Å². The lowest BCUT2D eigenvalue weighted by Crippen LogP contribution is -2.00. The molecule has 134 valence electrons. The zero-order valence-corrected chi connectivity index (χ0v) is 16.1. The fourth-order valence-electron chi connectivity index (χ4n) is 2.80. The highest BCUT2D eigenvalue weighted by atomic mass is 32.2. The monoisotopic (exact) mass is 372 g/mol. The molecule has 4 aromatic rings. The Morgan fingerprint density at radius 2 is 1.56 bits per heavy atom. The van der Waals surface area contributed by atoms with Crippen molar-refractivity contribution in [2.45, 2.75) is 24.8 Å². The van der Waals surface area contributed by atoms with Crippen molar-refractivity contribution in [2.75, 3.05) is 0 Å². The Kier molecular flexibility index (Phi) is 5.03. The van der Waals surface area contributed by atoms with Crippen LogP contribution in [0.5, 0.6) is 0 Å². The van der Waals surface area contributed by atoms with Crippen LogP contribution in [0.4, 0.5) is 0 Å². The van der Waals surface area contributed by atoms with Crippen LogP contribution in [-0.2, 0) is 5.75 Å². The molecule has 0 aliphatic heterocycles. The smallest absolute Gasteiger partial charge is 0.196 e. The Balaban J connectivity index is 1.71. The quantitative estimate of drug-likeness (QED) is 0.450. The van der Waals surface area contributed by atoms with Crippen LogP contribution in [0.1, 0.15) is 16.7 Å². The van der Waals surface area contributed by atoms with Crippen molar-refractivity contribution >= 4 is 11.8 Å². The Hall–Kier alpha value is -2.92. The van der Waals surface area contributed by atoms with Crippen molar-refractivity contribution in [3.8, 4) is 17.1 Å². The number of aryl methyl sites for hydroxylation is 2. The number of pyridine rings is 1. The topological polar surface area (TPSA) is 43.6 Å². The summed E-state index contributed by atoms with van der Waals surface area (Å²) in [5.74, 6) is 1.65. The van der Waals surface area contributed by atoms with Crippen molar-refractivity contribution in [2.24, 2.45) is 0 Å². The first kappa shape index (κ1) is 17.5. The number of rotatable bonds is 5. The summed E-state index contributed by atoms with van der Waals surface area (Å²) in [6, 6.07) is 21.0. The lowest BCUT2D eigenvalue weighted by Gasteiger charge is -2.10. The molecule has 0 saturated heterocycles. The maximum atomic E-state index is 4.47. The molecule has 0 amide bonds. The van der Waals surface area contributed by atoms with Gasteiger partial charge in [0.05, 0.1) is 0 Å². The molecule has 2 aromatic carbocycles. The molecule has 0 saturated carbocycles. The van der Waals surface area contributed by atoms with Crippen molar-refractivity contribution < 1.29 is 0 Å². The van der Waals surface area contributed by atoms with E-state index in [1.807, 2.05) is 18.3 Å². The van der Waals surface area contributed by atoms with E-state index >= 15 is 0 Å². The van der Waals surface area contributed by atoms with E-state index in [4.69, 9.17) is 0 Å². The van der Waals surface area contributed by atoms with Gasteiger partial charge in [-0.15, -0.1) is 10.2 Å². The third-order valence-electron chi connectivity index (χ3n) is 4.33. The van der Waals surface area contributed by atoms with Gasteiger partial charge in [-0.2, -0.15) is 0 Å². The van der Waals surface area contributed by atoms with Gasteiger partial charge in [-0.3, -0.25) is 9.55 Å². The predicted octanol–water partition coefficient (Wildman–Crippen LogP) is 5.24. The van der Waals surface area contributed by atoms with Gasteiger partial charge in [0.2, 0.25) is 0 Å². The van der Waals surface area contributed by atoms with E-state index in [0.29, 0.717) is 0 Å². The second-order valence-corrected chi connectivity index (χ2v) is 7.44. The number of thioether (sulfide) groups is 1. The summed E-state index contributed by atoms with van der Waals surface area (Å²) in [5.41, 5.74) is 5.77. The first-order chi connectivity index (χ1) is 13.2. The van der Waals surface area contributed by atoms with Gasteiger partial charge in [0, 0.05) is 29.4 Å². The van der Waals surface area contributed by atoms with Gasteiger partial charge in [0.1, 0.15) is 0 Å². The van der Waals surface area contributed by atoms with Crippen LogP contribution in [0.3, 0.4) is 0 Å². The molecule has 27 heavy (non-hydrogen) atoms. The summed E-state index contributed by atoms with van der Waals surface area (Å²) in [5, 5.41) is 9.81. The highest BCUT2D eigenvalue weighted by molar-refractivity contribution is 7.98. The second-order valence-electron chi connectivity index (χ2n) is 6.49. The Morgan fingerprint density at radius 1 is 0.852 bits per heavy atom. The van der Waals surface area contributed by atoms with Crippen molar-refractivity contribution in [1.29, 1.82) is 0 Å². The molecule has 4 rings (SSSR count). The van der Waals surface area contributed by atoms with Crippen molar-refractivity contribution in [3.63, 3.8) is 0 Å².